The van der Waals surface area contributed by atoms with Crippen molar-refractivity contribution in [3.05, 3.63) is 143 Å². The zero-order valence-electron chi connectivity index (χ0n) is 26.1. The van der Waals surface area contributed by atoms with Gasteiger partial charge in [0, 0.05) is 22.3 Å². The summed E-state index contributed by atoms with van der Waals surface area (Å²) in [6.07, 6.45) is 2.08. The van der Waals surface area contributed by atoms with Crippen LogP contribution in [0, 0.1) is 0 Å². The summed E-state index contributed by atoms with van der Waals surface area (Å²) in [6.45, 7) is 12.5. The Labute approximate surface area is 261 Å². The van der Waals surface area contributed by atoms with Crippen LogP contribution in [0.25, 0.3) is 10.8 Å². The van der Waals surface area contributed by atoms with E-state index in [9.17, 15) is 0 Å². The molecule has 44 heavy (non-hydrogen) atoms. The zero-order valence-corrected chi connectivity index (χ0v) is 26.1. The van der Waals surface area contributed by atoms with Crippen molar-refractivity contribution in [3.63, 3.8) is 0 Å². The summed E-state index contributed by atoms with van der Waals surface area (Å²) in [5.41, 5.74) is 5.04. The predicted molar refractivity (Wildman–Crippen MR) is 180 cm³/mol. The highest BCUT2D eigenvalue weighted by Crippen LogP contribution is 2.63. The van der Waals surface area contributed by atoms with Crippen LogP contribution in [0.3, 0.4) is 0 Å². The van der Waals surface area contributed by atoms with Crippen LogP contribution >= 0.6 is 0 Å². The van der Waals surface area contributed by atoms with E-state index in [0.29, 0.717) is 0 Å². The normalized spacial score (nSPS) is 16.0. The fourth-order valence-electron chi connectivity index (χ4n) is 7.83. The van der Waals surface area contributed by atoms with Crippen molar-refractivity contribution in [2.24, 2.45) is 5.10 Å². The first-order valence-corrected chi connectivity index (χ1v) is 15.9. The fraction of sp³-hybridized carbons (Fsp3) is 0.256. The van der Waals surface area contributed by atoms with Crippen LogP contribution < -0.4 is 4.74 Å². The highest BCUT2D eigenvalue weighted by Gasteiger charge is 2.66. The van der Waals surface area contributed by atoms with Gasteiger partial charge in [0.15, 0.2) is 5.79 Å². The lowest BCUT2D eigenvalue weighted by molar-refractivity contribution is -0.185. The van der Waals surface area contributed by atoms with Crippen LogP contribution in [0.1, 0.15) is 55.5 Å². The molecule has 1 spiro atoms. The Hall–Kier alpha value is -4.45. The number of para-hydroxylation sites is 2. The molecule has 7 rings (SSSR count). The summed E-state index contributed by atoms with van der Waals surface area (Å²) in [4.78, 5) is 5.16. The number of ether oxygens (including phenoxy) is 1. The molecule has 0 saturated carbocycles. The lowest BCUT2D eigenvalue weighted by Crippen LogP contribution is -2.66. The van der Waals surface area contributed by atoms with Gasteiger partial charge in [0.2, 0.25) is 0 Å². The van der Waals surface area contributed by atoms with Gasteiger partial charge in [-0.1, -0.05) is 131 Å². The lowest BCUT2D eigenvalue weighted by Gasteiger charge is -2.55. The van der Waals surface area contributed by atoms with Gasteiger partial charge in [0.1, 0.15) is 17.0 Å². The summed E-state index contributed by atoms with van der Waals surface area (Å²) in [7, 11) is 0. The molecule has 0 radical (unpaired) electrons. The largest absolute Gasteiger partial charge is 0.457 e. The topological polar surface area (TPSA) is 31.3 Å². The molecular formula is C39H40N4O. The van der Waals surface area contributed by atoms with Crippen LogP contribution in [0.2, 0.25) is 0 Å². The molecular weight excluding hydrogens is 540 g/mol. The molecule has 5 nitrogen and oxygen atoms in total. The lowest BCUT2D eigenvalue weighted by atomic mass is 9.75. The molecule has 222 valence electrons. The monoisotopic (exact) mass is 580 g/mol. The molecule has 0 saturated heterocycles. The third-order valence-electron chi connectivity index (χ3n) is 9.61. The van der Waals surface area contributed by atoms with E-state index >= 15 is 0 Å². The molecule has 5 aromatic rings. The quantitative estimate of drug-likeness (QED) is 0.136. The second-order valence-corrected chi connectivity index (χ2v) is 11.5. The van der Waals surface area contributed by atoms with Crippen molar-refractivity contribution in [1.82, 2.24) is 14.8 Å². The van der Waals surface area contributed by atoms with E-state index in [2.05, 4.69) is 164 Å². The average Bonchev–Trinajstić information content (AvgIpc) is 3.32. The van der Waals surface area contributed by atoms with Gasteiger partial charge in [-0.15, -0.1) is 0 Å². The van der Waals surface area contributed by atoms with E-state index in [1.54, 1.807) is 0 Å². The maximum atomic E-state index is 6.64. The predicted octanol–water partition coefficient (Wildman–Crippen LogP) is 8.38. The number of fused-ring (bicyclic) bond motifs is 7. The first kappa shape index (κ1) is 28.3. The standard InChI is InChI=1S/C39H40N4O/c1-5-41(6-2)39(42(7-3)8-4)33-23-12-11-22-32(33)38(34-24-13-15-26-36(34)44-37-27-16-14-25-35(37)38)43(39)40-28-30-20-17-19-29-18-9-10-21-31(29)30/h9-28H,5-8H2,1-4H3. The summed E-state index contributed by atoms with van der Waals surface area (Å²) in [5, 5.41) is 10.5. The molecule has 0 amide bonds. The average molecular weight is 581 g/mol. The summed E-state index contributed by atoms with van der Waals surface area (Å²) in [6, 6.07) is 41.0. The van der Waals surface area contributed by atoms with Gasteiger partial charge in [-0.2, -0.15) is 5.10 Å². The molecule has 5 heteroatoms. The fourth-order valence-corrected chi connectivity index (χ4v) is 7.83. The Morgan fingerprint density at radius 3 is 1.70 bits per heavy atom. The van der Waals surface area contributed by atoms with Gasteiger partial charge in [-0.05, 0) is 54.6 Å². The number of hydrazone groups is 1. The van der Waals surface area contributed by atoms with E-state index < -0.39 is 11.3 Å². The summed E-state index contributed by atoms with van der Waals surface area (Å²) in [5.74, 6) is 1.06. The minimum absolute atomic E-state index is 0.664. The molecule has 5 aromatic carbocycles. The van der Waals surface area contributed by atoms with E-state index in [1.807, 2.05) is 0 Å². The second-order valence-electron chi connectivity index (χ2n) is 11.5. The van der Waals surface area contributed by atoms with Crippen molar-refractivity contribution >= 4 is 17.0 Å². The SMILES string of the molecule is CCN(CC)C1(N(CC)CC)c2ccccc2C2(c3ccccc3Oc3ccccc32)N1N=Cc1cccc2ccccc12. The van der Waals surface area contributed by atoms with Gasteiger partial charge in [0.25, 0.3) is 0 Å². The maximum Gasteiger partial charge on any atom is 0.195 e. The summed E-state index contributed by atoms with van der Waals surface area (Å²) < 4.78 is 6.64. The molecule has 2 aliphatic heterocycles. The Balaban J connectivity index is 1.64. The van der Waals surface area contributed by atoms with Crippen LogP contribution in [-0.4, -0.2) is 47.2 Å². The number of benzene rings is 5. The molecule has 0 aliphatic carbocycles. The first-order valence-electron chi connectivity index (χ1n) is 15.9. The third-order valence-corrected chi connectivity index (χ3v) is 9.61. The van der Waals surface area contributed by atoms with Gasteiger partial charge in [-0.25, -0.2) is 5.01 Å². The molecule has 0 aromatic heterocycles. The van der Waals surface area contributed by atoms with Gasteiger partial charge < -0.3 is 4.74 Å². The Bertz CT molecular complexity index is 1770. The van der Waals surface area contributed by atoms with Crippen LogP contribution in [0.15, 0.2) is 120 Å². The Morgan fingerprint density at radius 2 is 1.09 bits per heavy atom. The molecule has 2 heterocycles. The number of rotatable bonds is 8. The van der Waals surface area contributed by atoms with Crippen LogP contribution in [0.4, 0.5) is 0 Å². The molecule has 0 unspecified atom stereocenters. The van der Waals surface area contributed by atoms with Crippen molar-refractivity contribution in [3.8, 4) is 11.5 Å². The smallest absolute Gasteiger partial charge is 0.195 e. The minimum atomic E-state index is -0.742. The summed E-state index contributed by atoms with van der Waals surface area (Å²) >= 11 is 0. The van der Waals surface area contributed by atoms with Gasteiger partial charge in [0.05, 0.1) is 6.21 Å². The minimum Gasteiger partial charge on any atom is -0.457 e. The molecule has 0 N–H and O–H groups in total. The van der Waals surface area contributed by atoms with Crippen LogP contribution in [0.5, 0.6) is 11.5 Å². The van der Waals surface area contributed by atoms with Crippen molar-refractivity contribution in [1.29, 1.82) is 0 Å². The third kappa shape index (κ3) is 3.82. The molecule has 0 bridgehead atoms. The zero-order chi connectivity index (χ0) is 30.3. The van der Waals surface area contributed by atoms with E-state index in [1.165, 1.54) is 21.9 Å². The van der Waals surface area contributed by atoms with E-state index in [0.717, 1.165) is 54.4 Å². The van der Waals surface area contributed by atoms with Crippen LogP contribution in [-0.2, 0) is 11.3 Å². The molecule has 0 atom stereocenters. The highest BCUT2D eigenvalue weighted by molar-refractivity contribution is 5.99. The maximum absolute atomic E-state index is 6.64. The second kappa shape index (κ2) is 11.2. The number of hydrogen-bond acceptors (Lipinski definition) is 5. The molecule has 2 aliphatic rings. The Kier molecular flexibility index (Phi) is 7.23. The Morgan fingerprint density at radius 1 is 0.591 bits per heavy atom. The number of nitrogens with zero attached hydrogens (tertiary/aromatic N) is 4. The number of hydrogen-bond donors (Lipinski definition) is 0. The van der Waals surface area contributed by atoms with E-state index in [-0.39, 0.29) is 0 Å². The van der Waals surface area contributed by atoms with E-state index in [4.69, 9.17) is 9.84 Å². The van der Waals surface area contributed by atoms with Crippen molar-refractivity contribution < 1.29 is 4.74 Å². The van der Waals surface area contributed by atoms with Crippen molar-refractivity contribution in [2.45, 2.75) is 39.0 Å². The van der Waals surface area contributed by atoms with Gasteiger partial charge in [-0.3, -0.25) is 9.80 Å². The first-order chi connectivity index (χ1) is 21.7. The van der Waals surface area contributed by atoms with Crippen molar-refractivity contribution in [2.75, 3.05) is 26.2 Å². The highest BCUT2D eigenvalue weighted by atomic mass is 16.5. The van der Waals surface area contributed by atoms with Gasteiger partial charge >= 0.3 is 0 Å². The molecule has 0 fully saturated rings.